The Morgan fingerprint density at radius 3 is 2.52 bits per heavy atom. The topological polar surface area (TPSA) is 66.5 Å². The highest BCUT2D eigenvalue weighted by molar-refractivity contribution is 7.98. The quantitative estimate of drug-likeness (QED) is 0.687. The number of hydrogen-bond acceptors (Lipinski definition) is 4. The van der Waals surface area contributed by atoms with Crippen molar-refractivity contribution >= 4 is 27.7 Å². The van der Waals surface area contributed by atoms with Gasteiger partial charge >= 0.3 is 0 Å². The van der Waals surface area contributed by atoms with Crippen LogP contribution in [-0.2, 0) is 15.8 Å². The zero-order chi connectivity index (χ0) is 19.1. The van der Waals surface area contributed by atoms with Gasteiger partial charge in [0.05, 0.1) is 4.90 Å². The zero-order valence-corrected chi connectivity index (χ0v) is 16.8. The SMILES string of the molecule is O=C(NCCSCc1ccccc1)c1cccc(S(=O)(=O)N2CCCC2)c1. The summed E-state index contributed by atoms with van der Waals surface area (Å²) in [5, 5.41) is 2.87. The highest BCUT2D eigenvalue weighted by Crippen LogP contribution is 2.21. The van der Waals surface area contributed by atoms with Crippen LogP contribution in [0.5, 0.6) is 0 Å². The van der Waals surface area contributed by atoms with Crippen molar-refractivity contribution in [2.24, 2.45) is 0 Å². The van der Waals surface area contributed by atoms with Gasteiger partial charge in [-0.25, -0.2) is 8.42 Å². The molecule has 0 spiro atoms. The largest absolute Gasteiger partial charge is 0.351 e. The van der Waals surface area contributed by atoms with Crippen molar-refractivity contribution in [2.75, 3.05) is 25.4 Å². The first-order valence-corrected chi connectivity index (χ1v) is 11.7. The normalized spacial score (nSPS) is 15.0. The van der Waals surface area contributed by atoms with E-state index < -0.39 is 10.0 Å². The summed E-state index contributed by atoms with van der Waals surface area (Å²) in [6, 6.07) is 16.5. The summed E-state index contributed by atoms with van der Waals surface area (Å²) in [6.45, 7) is 1.65. The van der Waals surface area contributed by atoms with Gasteiger partial charge in [0, 0.05) is 36.7 Å². The van der Waals surface area contributed by atoms with Crippen LogP contribution < -0.4 is 5.32 Å². The van der Waals surface area contributed by atoms with E-state index in [-0.39, 0.29) is 10.8 Å². The highest BCUT2D eigenvalue weighted by atomic mass is 32.2. The third kappa shape index (κ3) is 5.34. The Kier molecular flexibility index (Phi) is 6.93. The minimum Gasteiger partial charge on any atom is -0.351 e. The van der Waals surface area contributed by atoms with Crippen LogP contribution in [-0.4, -0.2) is 44.0 Å². The van der Waals surface area contributed by atoms with Crippen molar-refractivity contribution in [1.82, 2.24) is 9.62 Å². The molecule has 0 saturated carbocycles. The fourth-order valence-electron chi connectivity index (χ4n) is 2.98. The molecule has 0 bridgehead atoms. The summed E-state index contributed by atoms with van der Waals surface area (Å²) in [7, 11) is -3.51. The molecule has 2 aromatic rings. The first kappa shape index (κ1) is 19.9. The van der Waals surface area contributed by atoms with Crippen molar-refractivity contribution in [3.8, 4) is 0 Å². The number of hydrogen-bond donors (Lipinski definition) is 1. The maximum absolute atomic E-state index is 12.6. The summed E-state index contributed by atoms with van der Waals surface area (Å²) >= 11 is 1.75. The van der Waals surface area contributed by atoms with Gasteiger partial charge in [0.25, 0.3) is 5.91 Å². The molecule has 144 valence electrons. The van der Waals surface area contributed by atoms with Crippen molar-refractivity contribution < 1.29 is 13.2 Å². The van der Waals surface area contributed by atoms with E-state index in [1.807, 2.05) is 18.2 Å². The summed E-state index contributed by atoms with van der Waals surface area (Å²) in [4.78, 5) is 12.5. The van der Waals surface area contributed by atoms with E-state index in [4.69, 9.17) is 0 Å². The molecule has 0 unspecified atom stereocenters. The van der Waals surface area contributed by atoms with Crippen molar-refractivity contribution in [3.05, 3.63) is 65.7 Å². The Morgan fingerprint density at radius 2 is 1.78 bits per heavy atom. The number of carbonyl (C=O) groups is 1. The van der Waals surface area contributed by atoms with Crippen molar-refractivity contribution in [3.63, 3.8) is 0 Å². The van der Waals surface area contributed by atoms with Gasteiger partial charge in [0.15, 0.2) is 0 Å². The van der Waals surface area contributed by atoms with Crippen LogP contribution in [0.2, 0.25) is 0 Å². The molecule has 5 nitrogen and oxygen atoms in total. The van der Waals surface area contributed by atoms with Gasteiger partial charge in [-0.3, -0.25) is 4.79 Å². The Hall–Kier alpha value is -1.83. The van der Waals surface area contributed by atoms with E-state index in [1.165, 1.54) is 15.9 Å². The number of amides is 1. The van der Waals surface area contributed by atoms with Crippen LogP contribution in [0, 0.1) is 0 Å². The molecular weight excluding hydrogens is 380 g/mol. The van der Waals surface area contributed by atoms with Crippen LogP contribution in [0.3, 0.4) is 0 Å². The smallest absolute Gasteiger partial charge is 0.251 e. The predicted molar refractivity (Wildman–Crippen MR) is 109 cm³/mol. The number of carbonyl (C=O) groups excluding carboxylic acids is 1. The third-order valence-corrected chi connectivity index (χ3v) is 7.37. The number of rotatable bonds is 8. The number of thioether (sulfide) groups is 1. The lowest BCUT2D eigenvalue weighted by Gasteiger charge is -2.16. The number of sulfonamides is 1. The summed E-state index contributed by atoms with van der Waals surface area (Å²) < 4.78 is 26.8. The molecule has 3 rings (SSSR count). The van der Waals surface area contributed by atoms with Gasteiger partial charge in [-0.2, -0.15) is 16.1 Å². The first-order chi connectivity index (χ1) is 13.1. The summed E-state index contributed by atoms with van der Waals surface area (Å²) in [5.41, 5.74) is 1.64. The second-order valence-corrected chi connectivity index (χ2v) is 9.48. The molecule has 1 amide bonds. The second-order valence-electron chi connectivity index (χ2n) is 6.43. The van der Waals surface area contributed by atoms with Crippen LogP contribution in [0.25, 0.3) is 0 Å². The number of benzene rings is 2. The monoisotopic (exact) mass is 404 g/mol. The molecule has 2 aromatic carbocycles. The van der Waals surface area contributed by atoms with Gasteiger partial charge in [-0.1, -0.05) is 36.4 Å². The van der Waals surface area contributed by atoms with Crippen LogP contribution >= 0.6 is 11.8 Å². The van der Waals surface area contributed by atoms with Crippen molar-refractivity contribution in [2.45, 2.75) is 23.5 Å². The van der Waals surface area contributed by atoms with Gasteiger partial charge in [-0.05, 0) is 36.6 Å². The lowest BCUT2D eigenvalue weighted by Crippen LogP contribution is -2.29. The molecule has 7 heteroatoms. The van der Waals surface area contributed by atoms with Gasteiger partial charge in [0.2, 0.25) is 10.0 Å². The average molecular weight is 405 g/mol. The lowest BCUT2D eigenvalue weighted by atomic mass is 10.2. The van der Waals surface area contributed by atoms with Crippen molar-refractivity contribution in [1.29, 1.82) is 0 Å². The maximum atomic E-state index is 12.6. The first-order valence-electron chi connectivity index (χ1n) is 9.07. The fourth-order valence-corrected chi connectivity index (χ4v) is 5.36. The molecule has 1 fully saturated rings. The average Bonchev–Trinajstić information content (AvgIpc) is 3.24. The molecule has 1 N–H and O–H groups in total. The van der Waals surface area contributed by atoms with Gasteiger partial charge in [0.1, 0.15) is 0 Å². The van der Waals surface area contributed by atoms with Gasteiger partial charge < -0.3 is 5.32 Å². The Morgan fingerprint density at radius 1 is 1.04 bits per heavy atom. The van der Waals surface area contributed by atoms with Crippen LogP contribution in [0.15, 0.2) is 59.5 Å². The molecule has 0 aliphatic carbocycles. The Balaban J connectivity index is 1.51. The third-order valence-electron chi connectivity index (χ3n) is 4.44. The Bertz CT molecular complexity index is 864. The van der Waals surface area contributed by atoms with Gasteiger partial charge in [-0.15, -0.1) is 0 Å². The molecule has 0 atom stereocenters. The van der Waals surface area contributed by atoms with E-state index in [9.17, 15) is 13.2 Å². The molecule has 27 heavy (non-hydrogen) atoms. The molecule has 0 aromatic heterocycles. The summed E-state index contributed by atoms with van der Waals surface area (Å²) in [6.07, 6.45) is 1.78. The molecule has 1 heterocycles. The lowest BCUT2D eigenvalue weighted by molar-refractivity contribution is 0.0956. The minimum absolute atomic E-state index is 0.190. The summed E-state index contributed by atoms with van der Waals surface area (Å²) in [5.74, 6) is 1.46. The molecular formula is C20H24N2O3S2. The van der Waals surface area contributed by atoms with E-state index >= 15 is 0 Å². The Labute approximate surface area is 165 Å². The predicted octanol–water partition coefficient (Wildman–Crippen LogP) is 3.13. The number of nitrogens with zero attached hydrogens (tertiary/aromatic N) is 1. The van der Waals surface area contributed by atoms with E-state index in [0.29, 0.717) is 25.2 Å². The standard InChI is InChI=1S/C20H24N2O3S2/c23-20(21-11-14-26-16-17-7-2-1-3-8-17)18-9-6-10-19(15-18)27(24,25)22-12-4-5-13-22/h1-3,6-10,15H,4-5,11-14,16H2,(H,21,23). The van der Waals surface area contributed by atoms with E-state index in [2.05, 4.69) is 17.4 Å². The van der Waals surface area contributed by atoms with E-state index in [0.717, 1.165) is 24.3 Å². The molecule has 1 aliphatic rings. The zero-order valence-electron chi connectivity index (χ0n) is 15.1. The molecule has 0 radical (unpaired) electrons. The second kappa shape index (κ2) is 9.39. The molecule has 1 aliphatic heterocycles. The number of nitrogens with one attached hydrogen (secondary N) is 1. The molecule has 1 saturated heterocycles. The maximum Gasteiger partial charge on any atom is 0.251 e. The van der Waals surface area contributed by atoms with Crippen LogP contribution in [0.4, 0.5) is 0 Å². The minimum atomic E-state index is -3.51. The van der Waals surface area contributed by atoms with E-state index in [1.54, 1.807) is 30.0 Å². The highest BCUT2D eigenvalue weighted by Gasteiger charge is 2.27. The fraction of sp³-hybridized carbons (Fsp3) is 0.350. The van der Waals surface area contributed by atoms with Crippen LogP contribution in [0.1, 0.15) is 28.8 Å².